The summed E-state index contributed by atoms with van der Waals surface area (Å²) >= 11 is 0. The second kappa shape index (κ2) is 9.19. The van der Waals surface area contributed by atoms with Gasteiger partial charge in [-0.25, -0.2) is 4.68 Å². The topological polar surface area (TPSA) is 103 Å². The van der Waals surface area contributed by atoms with Crippen LogP contribution in [0.15, 0.2) is 60.8 Å². The number of methoxy groups -OCH3 is 1. The lowest BCUT2D eigenvalue weighted by atomic mass is 10.1. The second-order valence-electron chi connectivity index (χ2n) is 6.89. The van der Waals surface area contributed by atoms with Gasteiger partial charge in [0.25, 0.3) is 11.6 Å². The highest BCUT2D eigenvalue weighted by Crippen LogP contribution is 2.22. The molecule has 2 aromatic carbocycles. The van der Waals surface area contributed by atoms with Crippen molar-refractivity contribution in [3.8, 4) is 11.4 Å². The normalized spacial score (nSPS) is 11.9. The fraction of sp³-hybridized carbons (Fsp3) is 0.238. The molecule has 0 saturated carbocycles. The summed E-state index contributed by atoms with van der Waals surface area (Å²) in [5.41, 5.74) is 1.91. The number of hydrogen-bond acceptors (Lipinski definition) is 6. The monoisotopic (exact) mass is 409 g/mol. The minimum atomic E-state index is -0.463. The van der Waals surface area contributed by atoms with Gasteiger partial charge in [-0.05, 0) is 50.0 Å². The number of nitrogens with one attached hydrogen (secondary N) is 1. The van der Waals surface area contributed by atoms with Crippen molar-refractivity contribution in [1.82, 2.24) is 20.0 Å². The van der Waals surface area contributed by atoms with Gasteiger partial charge >= 0.3 is 0 Å². The smallest absolute Gasteiger partial charge is 0.271 e. The molecule has 0 aliphatic carbocycles. The van der Waals surface area contributed by atoms with Crippen LogP contribution in [0.2, 0.25) is 0 Å². The van der Waals surface area contributed by atoms with E-state index in [0.29, 0.717) is 12.2 Å². The number of nitro groups is 1. The van der Waals surface area contributed by atoms with Crippen molar-refractivity contribution in [3.05, 3.63) is 82.2 Å². The van der Waals surface area contributed by atoms with Crippen LogP contribution in [0.5, 0.6) is 5.75 Å². The third-order valence-electron chi connectivity index (χ3n) is 4.70. The quantitative estimate of drug-likeness (QED) is 0.453. The minimum Gasteiger partial charge on any atom is -0.497 e. The number of carbonyl (C=O) groups is 1. The number of likely N-dealkylation sites (N-methyl/N-ethyl adjacent to an activating group) is 1. The number of benzene rings is 2. The molecular weight excluding hydrogens is 386 g/mol. The zero-order valence-corrected chi connectivity index (χ0v) is 17.0. The molecule has 0 bridgehead atoms. The SMILES string of the molecule is COc1cccc(C(CNC(=O)c2ccn(-c3ccc([N+](=O)[O-])cc3)n2)N(C)C)c1. The lowest BCUT2D eigenvalue weighted by molar-refractivity contribution is -0.384. The summed E-state index contributed by atoms with van der Waals surface area (Å²) in [4.78, 5) is 24.9. The van der Waals surface area contributed by atoms with E-state index in [1.165, 1.54) is 16.8 Å². The van der Waals surface area contributed by atoms with Gasteiger partial charge in [-0.15, -0.1) is 0 Å². The Morgan fingerprint density at radius 1 is 1.23 bits per heavy atom. The highest BCUT2D eigenvalue weighted by Gasteiger charge is 2.18. The van der Waals surface area contributed by atoms with E-state index in [1.807, 2.05) is 43.3 Å². The van der Waals surface area contributed by atoms with Gasteiger partial charge in [0.2, 0.25) is 0 Å². The van der Waals surface area contributed by atoms with E-state index < -0.39 is 4.92 Å². The largest absolute Gasteiger partial charge is 0.497 e. The van der Waals surface area contributed by atoms with Crippen molar-refractivity contribution in [1.29, 1.82) is 0 Å². The predicted molar refractivity (Wildman–Crippen MR) is 112 cm³/mol. The maximum absolute atomic E-state index is 12.6. The summed E-state index contributed by atoms with van der Waals surface area (Å²) < 4.78 is 6.79. The van der Waals surface area contributed by atoms with Crippen LogP contribution in [0, 0.1) is 10.1 Å². The zero-order chi connectivity index (χ0) is 21.7. The molecular formula is C21H23N5O4. The van der Waals surface area contributed by atoms with E-state index in [1.54, 1.807) is 31.5 Å². The van der Waals surface area contributed by atoms with Crippen LogP contribution in [0.1, 0.15) is 22.1 Å². The minimum absolute atomic E-state index is 0.00357. The highest BCUT2D eigenvalue weighted by molar-refractivity contribution is 5.92. The van der Waals surface area contributed by atoms with E-state index in [4.69, 9.17) is 4.74 Å². The van der Waals surface area contributed by atoms with E-state index in [9.17, 15) is 14.9 Å². The Morgan fingerprint density at radius 3 is 2.60 bits per heavy atom. The molecule has 3 aromatic rings. The first-order chi connectivity index (χ1) is 14.4. The fourth-order valence-corrected chi connectivity index (χ4v) is 3.04. The van der Waals surface area contributed by atoms with E-state index in [-0.39, 0.29) is 23.3 Å². The Hall–Kier alpha value is -3.72. The number of hydrogen-bond donors (Lipinski definition) is 1. The third kappa shape index (κ3) is 4.81. The summed E-state index contributed by atoms with van der Waals surface area (Å²) in [5.74, 6) is 0.456. The van der Waals surface area contributed by atoms with Gasteiger partial charge in [0, 0.05) is 24.9 Å². The maximum Gasteiger partial charge on any atom is 0.271 e. The second-order valence-corrected chi connectivity index (χ2v) is 6.89. The zero-order valence-electron chi connectivity index (χ0n) is 17.0. The molecule has 9 nitrogen and oxygen atoms in total. The molecule has 3 rings (SSSR count). The molecule has 0 aliphatic heterocycles. The molecule has 0 spiro atoms. The molecule has 1 unspecified atom stereocenters. The van der Waals surface area contributed by atoms with Crippen LogP contribution in [-0.4, -0.2) is 53.3 Å². The number of amides is 1. The number of rotatable bonds is 8. The van der Waals surface area contributed by atoms with Crippen molar-refractivity contribution in [3.63, 3.8) is 0 Å². The summed E-state index contributed by atoms with van der Waals surface area (Å²) in [6.07, 6.45) is 1.64. The fourth-order valence-electron chi connectivity index (χ4n) is 3.04. The molecule has 0 radical (unpaired) electrons. The highest BCUT2D eigenvalue weighted by atomic mass is 16.6. The van der Waals surface area contributed by atoms with Gasteiger partial charge in [-0.1, -0.05) is 12.1 Å². The molecule has 1 amide bonds. The Morgan fingerprint density at radius 2 is 1.97 bits per heavy atom. The van der Waals surface area contributed by atoms with Gasteiger partial charge in [-0.2, -0.15) is 5.10 Å². The van der Waals surface area contributed by atoms with Crippen LogP contribution in [0.3, 0.4) is 0 Å². The lowest BCUT2D eigenvalue weighted by Gasteiger charge is -2.25. The standard InChI is InChI=1S/C21H23N5O4/c1-24(2)20(15-5-4-6-18(13-15)30-3)14-22-21(27)19-11-12-25(23-19)16-7-9-17(10-8-16)26(28)29/h4-13,20H,14H2,1-3H3,(H,22,27). The van der Waals surface area contributed by atoms with Crippen LogP contribution in [-0.2, 0) is 0 Å². The predicted octanol–water partition coefficient (Wildman–Crippen LogP) is 2.82. The number of non-ortho nitro benzene ring substituents is 1. The van der Waals surface area contributed by atoms with Crippen molar-refractivity contribution >= 4 is 11.6 Å². The molecule has 0 fully saturated rings. The molecule has 0 saturated heterocycles. The van der Waals surface area contributed by atoms with Crippen molar-refractivity contribution in [2.24, 2.45) is 0 Å². The number of carbonyl (C=O) groups excluding carboxylic acids is 1. The molecule has 1 N–H and O–H groups in total. The van der Waals surface area contributed by atoms with Gasteiger partial charge in [0.1, 0.15) is 5.75 Å². The summed E-state index contributed by atoms with van der Waals surface area (Å²) in [5, 5.41) is 18.0. The van der Waals surface area contributed by atoms with Gasteiger partial charge in [-0.3, -0.25) is 14.9 Å². The van der Waals surface area contributed by atoms with E-state index in [0.717, 1.165) is 11.3 Å². The van der Waals surface area contributed by atoms with Crippen LogP contribution in [0.4, 0.5) is 5.69 Å². The Balaban J connectivity index is 1.68. The summed E-state index contributed by atoms with van der Waals surface area (Å²) in [6, 6.07) is 15.2. The first-order valence-electron chi connectivity index (χ1n) is 9.28. The number of nitrogens with zero attached hydrogens (tertiary/aromatic N) is 4. The molecule has 1 atom stereocenters. The molecule has 0 aliphatic rings. The lowest BCUT2D eigenvalue weighted by Crippen LogP contribution is -2.34. The number of nitro benzene ring substituents is 1. The van der Waals surface area contributed by atoms with Crippen molar-refractivity contribution < 1.29 is 14.5 Å². The Labute approximate surface area is 174 Å². The van der Waals surface area contributed by atoms with E-state index in [2.05, 4.69) is 10.4 Å². The average Bonchev–Trinajstić information content (AvgIpc) is 3.24. The van der Waals surface area contributed by atoms with Gasteiger partial charge in [0.05, 0.1) is 23.8 Å². The van der Waals surface area contributed by atoms with Crippen LogP contribution < -0.4 is 10.1 Å². The third-order valence-corrected chi connectivity index (χ3v) is 4.70. The summed E-state index contributed by atoms with van der Waals surface area (Å²) in [7, 11) is 5.51. The van der Waals surface area contributed by atoms with Crippen molar-refractivity contribution in [2.75, 3.05) is 27.7 Å². The first kappa shape index (κ1) is 21.0. The Kier molecular flexibility index (Phi) is 6.43. The summed E-state index contributed by atoms with van der Waals surface area (Å²) in [6.45, 7) is 0.392. The molecule has 156 valence electrons. The van der Waals surface area contributed by atoms with Crippen molar-refractivity contribution in [2.45, 2.75) is 6.04 Å². The molecule has 9 heteroatoms. The van der Waals surface area contributed by atoms with E-state index >= 15 is 0 Å². The number of ether oxygens (including phenoxy) is 1. The van der Waals surface area contributed by atoms with Crippen LogP contribution >= 0.6 is 0 Å². The Bertz CT molecular complexity index is 1030. The van der Waals surface area contributed by atoms with Crippen LogP contribution in [0.25, 0.3) is 5.69 Å². The molecule has 1 heterocycles. The maximum atomic E-state index is 12.6. The van der Waals surface area contributed by atoms with Gasteiger partial charge in [0.15, 0.2) is 5.69 Å². The average molecular weight is 409 g/mol. The first-order valence-corrected chi connectivity index (χ1v) is 9.28. The molecule has 30 heavy (non-hydrogen) atoms. The number of aromatic nitrogens is 2. The van der Waals surface area contributed by atoms with Gasteiger partial charge < -0.3 is 15.0 Å². The molecule has 1 aromatic heterocycles.